The minimum Gasteiger partial charge on any atom is -0.0840 e. The predicted octanol–water partition coefficient (Wildman–Crippen LogP) is 4.19. The average Bonchev–Trinajstić information content (AvgIpc) is 1.85. The molecule has 0 nitrogen and oxygen atoms in total. The minimum absolute atomic E-state index is 0.500. The zero-order chi connectivity index (χ0) is 9.61. The van der Waals surface area contributed by atoms with Crippen LogP contribution in [0.3, 0.4) is 0 Å². The van der Waals surface area contributed by atoms with Crippen LogP contribution in [-0.2, 0) is 0 Å². The highest BCUT2D eigenvalue weighted by Crippen LogP contribution is 2.08. The van der Waals surface area contributed by atoms with E-state index in [1.165, 1.54) is 6.42 Å². The summed E-state index contributed by atoms with van der Waals surface area (Å²) in [5.74, 6) is 0.769. The van der Waals surface area contributed by atoms with Crippen LogP contribution in [0.25, 0.3) is 0 Å². The van der Waals surface area contributed by atoms with Crippen LogP contribution in [0.4, 0.5) is 0 Å². The first kappa shape index (κ1) is 11.5. The fourth-order valence-electron chi connectivity index (χ4n) is 0.704. The zero-order valence-electron chi connectivity index (χ0n) is 9.09. The summed E-state index contributed by atoms with van der Waals surface area (Å²) in [4.78, 5) is 0. The summed E-state index contributed by atoms with van der Waals surface area (Å²) in [5, 5.41) is 0. The minimum atomic E-state index is 0.500. The Morgan fingerprint density at radius 1 is 1.08 bits per heavy atom. The van der Waals surface area contributed by atoms with Crippen LogP contribution in [-0.4, -0.2) is 0 Å². The third-order valence-electron chi connectivity index (χ3n) is 1.19. The van der Waals surface area contributed by atoms with Crippen molar-refractivity contribution in [3.8, 4) is 0 Å². The topological polar surface area (TPSA) is 0 Å². The molecule has 0 radical (unpaired) electrons. The van der Waals surface area contributed by atoms with Gasteiger partial charge in [0.15, 0.2) is 0 Å². The molecule has 0 aliphatic heterocycles. The van der Waals surface area contributed by atoms with Gasteiger partial charge in [0.25, 0.3) is 0 Å². The van der Waals surface area contributed by atoms with Crippen molar-refractivity contribution < 1.29 is 0 Å². The fourth-order valence-corrected chi connectivity index (χ4v) is 0.704. The van der Waals surface area contributed by atoms with Gasteiger partial charge in [0.05, 0.1) is 0 Å². The second-order valence-corrected chi connectivity index (χ2v) is 5.03. The number of rotatable bonds is 0. The molecule has 1 aliphatic rings. The van der Waals surface area contributed by atoms with E-state index in [4.69, 9.17) is 0 Å². The largest absolute Gasteiger partial charge is 0.0840 e. The van der Waals surface area contributed by atoms with Gasteiger partial charge < -0.3 is 0 Å². The number of hydrogen-bond acceptors (Lipinski definition) is 0. The first-order valence-corrected chi connectivity index (χ1v) is 4.73. The third kappa shape index (κ3) is 12.2. The molecule has 1 unspecified atom stereocenters. The van der Waals surface area contributed by atoms with Gasteiger partial charge in [-0.3, -0.25) is 0 Å². The summed E-state index contributed by atoms with van der Waals surface area (Å²) < 4.78 is 0. The first-order chi connectivity index (χ1) is 5.39. The van der Waals surface area contributed by atoms with Gasteiger partial charge in [-0.2, -0.15) is 0 Å². The molecular formula is C12H22. The quantitative estimate of drug-likeness (QED) is 0.506. The highest BCUT2D eigenvalue weighted by molar-refractivity contribution is 5.09. The van der Waals surface area contributed by atoms with Gasteiger partial charge in [0.2, 0.25) is 0 Å². The molecule has 0 spiro atoms. The van der Waals surface area contributed by atoms with E-state index in [1.807, 2.05) is 0 Å². The monoisotopic (exact) mass is 166 g/mol. The molecular weight excluding hydrogens is 144 g/mol. The van der Waals surface area contributed by atoms with Crippen molar-refractivity contribution in [3.63, 3.8) is 0 Å². The molecule has 0 amide bonds. The molecule has 0 aromatic heterocycles. The van der Waals surface area contributed by atoms with E-state index < -0.39 is 0 Å². The Hall–Kier alpha value is -0.520. The van der Waals surface area contributed by atoms with Crippen LogP contribution in [0.15, 0.2) is 24.3 Å². The Bertz CT molecular complexity index is 149. The van der Waals surface area contributed by atoms with Crippen molar-refractivity contribution in [2.75, 3.05) is 0 Å². The van der Waals surface area contributed by atoms with Gasteiger partial charge in [-0.1, -0.05) is 58.9 Å². The van der Waals surface area contributed by atoms with E-state index in [0.29, 0.717) is 5.41 Å². The highest BCUT2D eigenvalue weighted by atomic mass is 14.0. The van der Waals surface area contributed by atoms with Crippen LogP contribution < -0.4 is 0 Å². The molecule has 0 heteroatoms. The average molecular weight is 166 g/mol. The summed E-state index contributed by atoms with van der Waals surface area (Å²) in [6, 6.07) is 0. The van der Waals surface area contributed by atoms with E-state index in [9.17, 15) is 0 Å². The summed E-state index contributed by atoms with van der Waals surface area (Å²) in [6.45, 7) is 11.0. The van der Waals surface area contributed by atoms with Crippen molar-refractivity contribution in [3.05, 3.63) is 24.3 Å². The Labute approximate surface area is 77.4 Å². The Balaban J connectivity index is 0.000000217. The van der Waals surface area contributed by atoms with Crippen LogP contribution in [0.1, 0.15) is 41.0 Å². The lowest BCUT2D eigenvalue weighted by molar-refractivity contribution is 0.469. The van der Waals surface area contributed by atoms with Crippen molar-refractivity contribution in [2.24, 2.45) is 11.3 Å². The summed E-state index contributed by atoms with van der Waals surface area (Å²) in [6.07, 6.45) is 9.84. The van der Waals surface area contributed by atoms with E-state index in [2.05, 4.69) is 58.9 Å². The van der Waals surface area contributed by atoms with Crippen molar-refractivity contribution in [1.82, 2.24) is 0 Å². The summed E-state index contributed by atoms with van der Waals surface area (Å²) in [5.41, 5.74) is 0.500. The molecule has 0 N–H and O–H groups in total. The van der Waals surface area contributed by atoms with E-state index in [0.717, 1.165) is 5.92 Å². The van der Waals surface area contributed by atoms with Crippen LogP contribution in [0, 0.1) is 11.3 Å². The lowest BCUT2D eigenvalue weighted by Gasteiger charge is -2.05. The first-order valence-electron chi connectivity index (χ1n) is 4.73. The van der Waals surface area contributed by atoms with Crippen molar-refractivity contribution >= 4 is 0 Å². The Morgan fingerprint density at radius 3 is 1.75 bits per heavy atom. The molecule has 0 heterocycles. The second-order valence-electron chi connectivity index (χ2n) is 5.03. The van der Waals surface area contributed by atoms with Gasteiger partial charge >= 0.3 is 0 Å². The fraction of sp³-hybridized carbons (Fsp3) is 0.667. The normalized spacial score (nSPS) is 21.6. The van der Waals surface area contributed by atoms with Crippen LogP contribution in [0.2, 0.25) is 0 Å². The third-order valence-corrected chi connectivity index (χ3v) is 1.19. The molecule has 12 heavy (non-hydrogen) atoms. The van der Waals surface area contributed by atoms with Crippen LogP contribution >= 0.6 is 0 Å². The Kier molecular flexibility index (Phi) is 4.96. The van der Waals surface area contributed by atoms with Crippen molar-refractivity contribution in [1.29, 1.82) is 0 Å². The van der Waals surface area contributed by atoms with Gasteiger partial charge in [-0.25, -0.2) is 0 Å². The Morgan fingerprint density at radius 2 is 1.58 bits per heavy atom. The predicted molar refractivity (Wildman–Crippen MR) is 57.2 cm³/mol. The van der Waals surface area contributed by atoms with E-state index in [-0.39, 0.29) is 0 Å². The van der Waals surface area contributed by atoms with Gasteiger partial charge in [-0.15, -0.1) is 0 Å². The SMILES string of the molecule is CC(C)(C)C.CC1C=CC=CC1. The summed E-state index contributed by atoms with van der Waals surface area (Å²) in [7, 11) is 0. The van der Waals surface area contributed by atoms with Crippen LogP contribution in [0.5, 0.6) is 0 Å². The van der Waals surface area contributed by atoms with Gasteiger partial charge in [0, 0.05) is 0 Å². The van der Waals surface area contributed by atoms with E-state index in [1.54, 1.807) is 0 Å². The molecule has 0 saturated carbocycles. The highest BCUT2D eigenvalue weighted by Gasteiger charge is 1.95. The molecule has 0 aromatic rings. The van der Waals surface area contributed by atoms with E-state index >= 15 is 0 Å². The summed E-state index contributed by atoms with van der Waals surface area (Å²) >= 11 is 0. The maximum absolute atomic E-state index is 2.22. The molecule has 1 aliphatic carbocycles. The molecule has 0 fully saturated rings. The zero-order valence-corrected chi connectivity index (χ0v) is 9.09. The molecule has 70 valence electrons. The molecule has 0 aromatic carbocycles. The van der Waals surface area contributed by atoms with Gasteiger partial charge in [0.1, 0.15) is 0 Å². The number of hydrogen-bond donors (Lipinski definition) is 0. The molecule has 1 atom stereocenters. The second kappa shape index (κ2) is 5.18. The smallest absolute Gasteiger partial charge is 0.0224 e. The molecule has 0 saturated heterocycles. The number of allylic oxidation sites excluding steroid dienone is 4. The maximum atomic E-state index is 2.22. The molecule has 0 bridgehead atoms. The van der Waals surface area contributed by atoms with Crippen molar-refractivity contribution in [2.45, 2.75) is 41.0 Å². The standard InChI is InChI=1S/C7H10.C5H12/c1-7-5-3-2-4-6-7;1-5(2,3)4/h2-5,7H,6H2,1H3;1-4H3. The maximum Gasteiger partial charge on any atom is -0.0224 e. The molecule has 1 rings (SSSR count). The van der Waals surface area contributed by atoms with Gasteiger partial charge in [-0.05, 0) is 17.8 Å². The lowest BCUT2D eigenvalue weighted by atomic mass is 10.0. The lowest BCUT2D eigenvalue weighted by Crippen LogP contribution is -1.93.